The Labute approximate surface area is 118 Å². The predicted octanol–water partition coefficient (Wildman–Crippen LogP) is 1.81. The minimum Gasteiger partial charge on any atom is -0.352 e. The first-order chi connectivity index (χ1) is 8.51. The standard InChI is InChI=1S/C12H20N2O3S2/c1-8(12(2,3)4)6-14-11(15)9-5-10(18-7-9)19(13,16)17/h5,7-8H,6H2,1-4H3,(H,14,15)(H2,13,16,17). The fourth-order valence-electron chi connectivity index (χ4n) is 1.24. The highest BCUT2D eigenvalue weighted by molar-refractivity contribution is 7.91. The van der Waals surface area contributed by atoms with Gasteiger partial charge in [-0.1, -0.05) is 27.7 Å². The maximum atomic E-state index is 11.9. The van der Waals surface area contributed by atoms with E-state index in [1.165, 1.54) is 11.4 Å². The summed E-state index contributed by atoms with van der Waals surface area (Å²) in [5, 5.41) is 9.30. The van der Waals surface area contributed by atoms with E-state index in [-0.39, 0.29) is 15.5 Å². The molecule has 0 saturated heterocycles. The van der Waals surface area contributed by atoms with Crippen LogP contribution in [0.25, 0.3) is 0 Å². The molecule has 0 radical (unpaired) electrons. The van der Waals surface area contributed by atoms with E-state index < -0.39 is 10.0 Å². The third-order valence-electron chi connectivity index (χ3n) is 3.17. The van der Waals surface area contributed by atoms with Gasteiger partial charge in [-0.3, -0.25) is 4.79 Å². The summed E-state index contributed by atoms with van der Waals surface area (Å²) in [6.45, 7) is 8.92. The highest BCUT2D eigenvalue weighted by Gasteiger charge is 2.21. The van der Waals surface area contributed by atoms with E-state index in [1.54, 1.807) is 0 Å². The Bertz CT molecular complexity index is 556. The van der Waals surface area contributed by atoms with Crippen LogP contribution in [-0.4, -0.2) is 20.9 Å². The van der Waals surface area contributed by atoms with Gasteiger partial charge in [0.25, 0.3) is 5.91 Å². The molecule has 0 aliphatic carbocycles. The molecule has 0 bridgehead atoms. The lowest BCUT2D eigenvalue weighted by Crippen LogP contribution is -2.33. The van der Waals surface area contributed by atoms with E-state index >= 15 is 0 Å². The summed E-state index contributed by atoms with van der Waals surface area (Å²) in [6.07, 6.45) is 0. The third kappa shape index (κ3) is 4.59. The Morgan fingerprint density at radius 1 is 1.47 bits per heavy atom. The van der Waals surface area contributed by atoms with Crippen LogP contribution >= 0.6 is 11.3 Å². The largest absolute Gasteiger partial charge is 0.352 e. The minimum absolute atomic E-state index is 0.00141. The number of hydrogen-bond donors (Lipinski definition) is 2. The Hall–Kier alpha value is -0.920. The van der Waals surface area contributed by atoms with E-state index in [1.807, 2.05) is 0 Å². The number of sulfonamides is 1. The van der Waals surface area contributed by atoms with Crippen molar-refractivity contribution in [3.05, 3.63) is 17.0 Å². The highest BCUT2D eigenvalue weighted by Crippen LogP contribution is 2.24. The van der Waals surface area contributed by atoms with Crippen molar-refractivity contribution >= 4 is 27.3 Å². The van der Waals surface area contributed by atoms with Gasteiger partial charge in [0, 0.05) is 11.9 Å². The predicted molar refractivity (Wildman–Crippen MR) is 76.6 cm³/mol. The van der Waals surface area contributed by atoms with Crippen LogP contribution < -0.4 is 10.5 Å². The molecule has 19 heavy (non-hydrogen) atoms. The number of carbonyl (C=O) groups is 1. The summed E-state index contributed by atoms with van der Waals surface area (Å²) in [5.41, 5.74) is 0.434. The molecule has 0 saturated carbocycles. The van der Waals surface area contributed by atoms with Gasteiger partial charge < -0.3 is 5.32 Å². The molecule has 1 atom stereocenters. The molecule has 0 spiro atoms. The molecule has 3 N–H and O–H groups in total. The number of hydrogen-bond acceptors (Lipinski definition) is 4. The van der Waals surface area contributed by atoms with Crippen LogP contribution in [0.5, 0.6) is 0 Å². The maximum absolute atomic E-state index is 11.9. The van der Waals surface area contributed by atoms with Crippen molar-refractivity contribution in [1.82, 2.24) is 5.32 Å². The van der Waals surface area contributed by atoms with Gasteiger partial charge in [-0.2, -0.15) is 0 Å². The fraction of sp³-hybridized carbons (Fsp3) is 0.583. The van der Waals surface area contributed by atoms with Crippen molar-refractivity contribution in [2.45, 2.75) is 31.9 Å². The van der Waals surface area contributed by atoms with E-state index in [0.717, 1.165) is 11.3 Å². The second-order valence-electron chi connectivity index (χ2n) is 5.68. The second kappa shape index (κ2) is 5.60. The second-order valence-corrected chi connectivity index (χ2v) is 8.38. The van der Waals surface area contributed by atoms with Crippen LogP contribution in [0.4, 0.5) is 0 Å². The molecule has 0 fully saturated rings. The molecule has 5 nitrogen and oxygen atoms in total. The summed E-state index contributed by atoms with van der Waals surface area (Å²) < 4.78 is 22.2. The normalized spacial score (nSPS) is 14.2. The van der Waals surface area contributed by atoms with Crippen LogP contribution in [0, 0.1) is 11.3 Å². The van der Waals surface area contributed by atoms with Gasteiger partial charge in [-0.25, -0.2) is 13.6 Å². The first kappa shape index (κ1) is 16.1. The van der Waals surface area contributed by atoms with Crippen molar-refractivity contribution in [3.8, 4) is 0 Å². The van der Waals surface area contributed by atoms with Crippen molar-refractivity contribution in [3.63, 3.8) is 0 Å². The summed E-state index contributed by atoms with van der Waals surface area (Å²) >= 11 is 0.951. The van der Waals surface area contributed by atoms with Gasteiger partial charge in [0.15, 0.2) is 0 Å². The lowest BCUT2D eigenvalue weighted by atomic mass is 9.82. The molecule has 108 valence electrons. The van der Waals surface area contributed by atoms with E-state index in [2.05, 4.69) is 33.0 Å². The van der Waals surface area contributed by atoms with E-state index in [0.29, 0.717) is 18.0 Å². The molecule has 1 aromatic rings. The lowest BCUT2D eigenvalue weighted by Gasteiger charge is -2.27. The third-order valence-corrected chi connectivity index (χ3v) is 5.55. The van der Waals surface area contributed by atoms with Gasteiger partial charge in [0.1, 0.15) is 4.21 Å². The first-order valence-corrected chi connectivity index (χ1v) is 8.34. The van der Waals surface area contributed by atoms with Gasteiger partial charge in [0.05, 0.1) is 5.56 Å². The number of nitrogens with one attached hydrogen (secondary N) is 1. The van der Waals surface area contributed by atoms with Gasteiger partial charge >= 0.3 is 0 Å². The van der Waals surface area contributed by atoms with E-state index in [4.69, 9.17) is 5.14 Å². The zero-order chi connectivity index (χ0) is 14.8. The van der Waals surface area contributed by atoms with Gasteiger partial charge in [-0.15, -0.1) is 11.3 Å². The Kier molecular flexibility index (Phi) is 4.76. The molecular weight excluding hydrogens is 284 g/mol. The number of nitrogens with two attached hydrogens (primary N) is 1. The Morgan fingerprint density at radius 2 is 2.05 bits per heavy atom. The molecule has 0 aromatic carbocycles. The average Bonchev–Trinajstić information content (AvgIpc) is 2.72. The summed E-state index contributed by atoms with van der Waals surface area (Å²) in [5.74, 6) is 0.0371. The minimum atomic E-state index is -3.73. The van der Waals surface area contributed by atoms with Crippen molar-refractivity contribution < 1.29 is 13.2 Å². The molecule has 1 amide bonds. The molecular formula is C12H20N2O3S2. The smallest absolute Gasteiger partial charge is 0.252 e. The quantitative estimate of drug-likeness (QED) is 0.889. The van der Waals surface area contributed by atoms with Crippen molar-refractivity contribution in [2.75, 3.05) is 6.54 Å². The SMILES string of the molecule is CC(CNC(=O)c1csc(S(N)(=O)=O)c1)C(C)(C)C. The van der Waals surface area contributed by atoms with E-state index in [9.17, 15) is 13.2 Å². The lowest BCUT2D eigenvalue weighted by molar-refractivity contribution is 0.0937. The average molecular weight is 304 g/mol. The van der Waals surface area contributed by atoms with Gasteiger partial charge in [0.2, 0.25) is 10.0 Å². The van der Waals surface area contributed by atoms with Crippen molar-refractivity contribution in [2.24, 2.45) is 16.5 Å². The van der Waals surface area contributed by atoms with Crippen LogP contribution in [0.15, 0.2) is 15.7 Å². The zero-order valence-electron chi connectivity index (χ0n) is 11.6. The molecule has 0 aliphatic heterocycles. The van der Waals surface area contributed by atoms with Gasteiger partial charge in [-0.05, 0) is 17.4 Å². The Balaban J connectivity index is 2.68. The van der Waals surface area contributed by atoms with Crippen molar-refractivity contribution in [1.29, 1.82) is 0 Å². The van der Waals surface area contributed by atoms with Crippen LogP contribution in [0.2, 0.25) is 0 Å². The molecule has 7 heteroatoms. The maximum Gasteiger partial charge on any atom is 0.252 e. The molecule has 1 heterocycles. The number of carbonyl (C=O) groups excluding carboxylic acids is 1. The number of amides is 1. The number of primary sulfonamides is 1. The topological polar surface area (TPSA) is 89.3 Å². The molecule has 1 aromatic heterocycles. The zero-order valence-corrected chi connectivity index (χ0v) is 13.2. The first-order valence-electron chi connectivity index (χ1n) is 5.91. The molecule has 1 rings (SSSR count). The summed E-state index contributed by atoms with van der Waals surface area (Å²) in [6, 6.07) is 1.30. The molecule has 1 unspecified atom stereocenters. The van der Waals surface area contributed by atoms with Crippen LogP contribution in [0.1, 0.15) is 38.1 Å². The number of thiophene rings is 1. The monoisotopic (exact) mass is 304 g/mol. The van der Waals surface area contributed by atoms with Crippen LogP contribution in [0.3, 0.4) is 0 Å². The highest BCUT2D eigenvalue weighted by atomic mass is 32.2. The number of rotatable bonds is 4. The summed E-state index contributed by atoms with van der Waals surface area (Å²) in [4.78, 5) is 11.9. The Morgan fingerprint density at radius 3 is 2.47 bits per heavy atom. The fourth-order valence-corrected chi connectivity index (χ4v) is 2.82. The van der Waals surface area contributed by atoms with Crippen LogP contribution in [-0.2, 0) is 10.0 Å². The molecule has 0 aliphatic rings. The summed E-state index contributed by atoms with van der Waals surface area (Å²) in [7, 11) is -3.73.